The molecule has 1 N–H and O–H groups in total. The summed E-state index contributed by atoms with van der Waals surface area (Å²) in [7, 11) is 2.89. The Balaban J connectivity index is 1.42. The summed E-state index contributed by atoms with van der Waals surface area (Å²) in [5.41, 5.74) is 0.916. The van der Waals surface area contributed by atoms with E-state index in [1.165, 1.54) is 25.3 Å². The molecule has 0 bridgehead atoms. The smallest absolute Gasteiger partial charge is 0.329 e. The molecule has 1 saturated heterocycles. The lowest BCUT2D eigenvalue weighted by molar-refractivity contribution is -0.141. The zero-order valence-electron chi connectivity index (χ0n) is 19.5. The molecule has 1 fully saturated rings. The molecule has 0 saturated carbocycles. The van der Waals surface area contributed by atoms with Crippen molar-refractivity contribution in [2.24, 2.45) is 11.8 Å². The number of hydrogen-bond donors (Lipinski definition) is 1. The number of hydrogen-bond acceptors (Lipinski definition) is 7. The molecular formula is C23H24F2N4O5S. The summed E-state index contributed by atoms with van der Waals surface area (Å²) in [6, 6.07) is 1.77. The van der Waals surface area contributed by atoms with E-state index in [4.69, 9.17) is 9.47 Å². The number of urea groups is 1. The fourth-order valence-corrected chi connectivity index (χ4v) is 4.53. The van der Waals surface area contributed by atoms with E-state index < -0.39 is 47.4 Å². The number of rotatable bonds is 7. The second-order valence-electron chi connectivity index (χ2n) is 8.72. The average molecular weight is 507 g/mol. The molecular weight excluding hydrogens is 482 g/mol. The second kappa shape index (κ2) is 9.61. The second-order valence-corrected chi connectivity index (χ2v) is 9.58. The number of benzene rings is 1. The zero-order chi connectivity index (χ0) is 25.4. The number of nitrogens with one attached hydrogen (secondary N) is 1. The molecule has 4 rings (SSSR count). The number of carbonyl (C=O) groups excluding carboxylic acids is 3. The lowest BCUT2D eigenvalue weighted by Gasteiger charge is -2.37. The molecule has 186 valence electrons. The standard InChI is InChI=1S/C23H24F2N4O5S/c1-11(2)8-33-19-14(24)5-12(6-15(19)25)16-10-35-22(26-16)27-17(30)7-13-9-34-21-18(13)20(31)28(3)23(32)29(21)4/h5-6,9-11,18,21H,7-8H2,1-4H3,(H,26,27,30). The molecule has 0 aliphatic carbocycles. The van der Waals surface area contributed by atoms with Crippen LogP contribution < -0.4 is 10.1 Å². The Morgan fingerprint density at radius 3 is 2.60 bits per heavy atom. The first-order valence-electron chi connectivity index (χ1n) is 10.8. The molecule has 2 atom stereocenters. The van der Waals surface area contributed by atoms with E-state index in [1.807, 2.05) is 13.8 Å². The number of ether oxygens (including phenoxy) is 2. The first-order valence-corrected chi connectivity index (χ1v) is 11.7. The van der Waals surface area contributed by atoms with Crippen LogP contribution in [0.4, 0.5) is 18.7 Å². The van der Waals surface area contributed by atoms with Gasteiger partial charge in [-0.25, -0.2) is 18.6 Å². The molecule has 3 heterocycles. The Labute approximate surface area is 204 Å². The summed E-state index contributed by atoms with van der Waals surface area (Å²) in [4.78, 5) is 43.8. The lowest BCUT2D eigenvalue weighted by Crippen LogP contribution is -2.58. The van der Waals surface area contributed by atoms with Crippen molar-refractivity contribution in [1.82, 2.24) is 14.8 Å². The Morgan fingerprint density at radius 1 is 1.26 bits per heavy atom. The Bertz CT molecular complexity index is 1190. The topological polar surface area (TPSA) is 101 Å². The maximum Gasteiger partial charge on any atom is 0.329 e. The summed E-state index contributed by atoms with van der Waals surface area (Å²) in [5, 5.41) is 4.41. The minimum atomic E-state index is -0.840. The monoisotopic (exact) mass is 506 g/mol. The molecule has 35 heavy (non-hydrogen) atoms. The van der Waals surface area contributed by atoms with Crippen LogP contribution >= 0.6 is 11.3 Å². The first kappa shape index (κ1) is 24.6. The summed E-state index contributed by atoms with van der Waals surface area (Å²) >= 11 is 1.09. The van der Waals surface area contributed by atoms with Gasteiger partial charge in [0, 0.05) is 25.0 Å². The van der Waals surface area contributed by atoms with Crippen molar-refractivity contribution in [3.8, 4) is 17.0 Å². The van der Waals surface area contributed by atoms with Gasteiger partial charge in [0.25, 0.3) is 0 Å². The van der Waals surface area contributed by atoms with E-state index in [1.54, 1.807) is 5.38 Å². The highest BCUT2D eigenvalue weighted by atomic mass is 32.1. The van der Waals surface area contributed by atoms with Crippen molar-refractivity contribution in [3.05, 3.63) is 41.0 Å². The van der Waals surface area contributed by atoms with E-state index in [0.717, 1.165) is 28.4 Å². The molecule has 2 aliphatic heterocycles. The highest BCUT2D eigenvalue weighted by molar-refractivity contribution is 7.14. The van der Waals surface area contributed by atoms with Gasteiger partial charge in [0.05, 0.1) is 25.0 Å². The van der Waals surface area contributed by atoms with Crippen LogP contribution in [0, 0.1) is 23.5 Å². The third-order valence-corrected chi connectivity index (χ3v) is 6.34. The van der Waals surface area contributed by atoms with E-state index in [9.17, 15) is 23.2 Å². The fourth-order valence-electron chi connectivity index (χ4n) is 3.80. The van der Waals surface area contributed by atoms with Crippen LogP contribution in [0.3, 0.4) is 0 Å². The molecule has 0 spiro atoms. The van der Waals surface area contributed by atoms with Crippen LogP contribution in [0.15, 0.2) is 29.3 Å². The van der Waals surface area contributed by atoms with Crippen molar-refractivity contribution in [3.63, 3.8) is 0 Å². The molecule has 2 aliphatic rings. The minimum Gasteiger partial charge on any atom is -0.487 e. The number of halogens is 2. The number of nitrogens with zero attached hydrogens (tertiary/aromatic N) is 3. The molecule has 2 unspecified atom stereocenters. The fraction of sp³-hybridized carbons (Fsp3) is 0.391. The van der Waals surface area contributed by atoms with Gasteiger partial charge >= 0.3 is 6.03 Å². The van der Waals surface area contributed by atoms with Gasteiger partial charge in [0.1, 0.15) is 5.92 Å². The van der Waals surface area contributed by atoms with Crippen molar-refractivity contribution >= 4 is 34.3 Å². The van der Waals surface area contributed by atoms with E-state index in [2.05, 4.69) is 10.3 Å². The largest absolute Gasteiger partial charge is 0.487 e. The number of carbonyl (C=O) groups is 3. The number of thiazole rings is 1. The molecule has 9 nitrogen and oxygen atoms in total. The predicted molar refractivity (Wildman–Crippen MR) is 123 cm³/mol. The lowest BCUT2D eigenvalue weighted by atomic mass is 9.93. The Kier molecular flexibility index (Phi) is 6.75. The molecule has 1 aromatic heterocycles. The molecule has 4 amide bonds. The number of anilines is 1. The van der Waals surface area contributed by atoms with E-state index >= 15 is 0 Å². The third kappa shape index (κ3) is 4.83. The van der Waals surface area contributed by atoms with Gasteiger partial charge < -0.3 is 14.8 Å². The first-order chi connectivity index (χ1) is 16.6. The Hall–Kier alpha value is -3.54. The maximum absolute atomic E-state index is 14.4. The normalized spacial score (nSPS) is 19.6. The van der Waals surface area contributed by atoms with Crippen LogP contribution in [0.1, 0.15) is 20.3 Å². The maximum atomic E-state index is 14.4. The molecule has 12 heteroatoms. The van der Waals surface area contributed by atoms with Crippen LogP contribution in [0.5, 0.6) is 5.75 Å². The van der Waals surface area contributed by atoms with E-state index in [-0.39, 0.29) is 35.3 Å². The van der Waals surface area contributed by atoms with Gasteiger partial charge in [0.2, 0.25) is 11.8 Å². The summed E-state index contributed by atoms with van der Waals surface area (Å²) in [6.07, 6.45) is 0.387. The number of imide groups is 1. The van der Waals surface area contributed by atoms with Crippen LogP contribution in [0.2, 0.25) is 0 Å². The summed E-state index contributed by atoms with van der Waals surface area (Å²) < 4.78 is 39.5. The van der Waals surface area contributed by atoms with Gasteiger partial charge in [-0.15, -0.1) is 11.3 Å². The number of aromatic nitrogens is 1. The molecule has 1 aromatic carbocycles. The minimum absolute atomic E-state index is 0.108. The van der Waals surface area contributed by atoms with Crippen LogP contribution in [-0.2, 0) is 14.3 Å². The number of amides is 4. The Morgan fingerprint density at radius 2 is 1.94 bits per heavy atom. The van der Waals surface area contributed by atoms with Gasteiger partial charge in [0.15, 0.2) is 28.7 Å². The SMILES string of the molecule is CC(C)COc1c(F)cc(-c2csc(NC(=O)CC3=COC4C3C(=O)N(C)C(=O)N4C)n2)cc1F. The summed E-state index contributed by atoms with van der Waals surface area (Å²) in [5.74, 6) is -3.69. The van der Waals surface area contributed by atoms with Gasteiger partial charge in [-0.1, -0.05) is 13.8 Å². The number of fused-ring (bicyclic) bond motifs is 1. The van der Waals surface area contributed by atoms with Crippen molar-refractivity contribution < 1.29 is 32.6 Å². The third-order valence-electron chi connectivity index (χ3n) is 5.58. The van der Waals surface area contributed by atoms with Crippen molar-refractivity contribution in [2.45, 2.75) is 26.5 Å². The van der Waals surface area contributed by atoms with Crippen molar-refractivity contribution in [1.29, 1.82) is 0 Å². The van der Waals surface area contributed by atoms with Gasteiger partial charge in [-0.3, -0.25) is 19.4 Å². The molecule has 0 radical (unpaired) electrons. The highest BCUT2D eigenvalue weighted by Gasteiger charge is 2.49. The van der Waals surface area contributed by atoms with Crippen LogP contribution in [-0.4, -0.2) is 59.6 Å². The van der Waals surface area contributed by atoms with E-state index in [0.29, 0.717) is 5.57 Å². The summed E-state index contributed by atoms with van der Waals surface area (Å²) in [6.45, 7) is 3.92. The zero-order valence-corrected chi connectivity index (χ0v) is 20.3. The van der Waals surface area contributed by atoms with Crippen LogP contribution in [0.25, 0.3) is 11.3 Å². The molecule has 2 aromatic rings. The van der Waals surface area contributed by atoms with Gasteiger partial charge in [-0.05, 0) is 23.6 Å². The average Bonchev–Trinajstić information content (AvgIpc) is 3.42. The highest BCUT2D eigenvalue weighted by Crippen LogP contribution is 2.36. The van der Waals surface area contributed by atoms with Crippen molar-refractivity contribution in [2.75, 3.05) is 26.0 Å². The van der Waals surface area contributed by atoms with Gasteiger partial charge in [-0.2, -0.15) is 0 Å². The predicted octanol–water partition coefficient (Wildman–Crippen LogP) is 3.83. The quantitative estimate of drug-likeness (QED) is 0.613.